The second kappa shape index (κ2) is 6.81. The smallest absolute Gasteiger partial charge is 0.258 e. The van der Waals surface area contributed by atoms with E-state index in [4.69, 9.17) is 0 Å². The Morgan fingerprint density at radius 3 is 2.84 bits per heavy atom. The molecule has 0 aliphatic rings. The molecule has 0 fully saturated rings. The Labute approximate surface area is 152 Å². The summed E-state index contributed by atoms with van der Waals surface area (Å²) < 4.78 is 3.64. The predicted molar refractivity (Wildman–Crippen MR) is 100 cm³/mol. The lowest BCUT2D eigenvalue weighted by molar-refractivity contribution is 0.687. The van der Waals surface area contributed by atoms with E-state index in [9.17, 15) is 4.79 Å². The Kier molecular flexibility index (Phi) is 4.37. The summed E-state index contributed by atoms with van der Waals surface area (Å²) in [4.78, 5) is 17.3. The molecule has 4 rings (SSSR count). The molecule has 3 heterocycles. The van der Waals surface area contributed by atoms with Crippen LogP contribution in [0.4, 0.5) is 0 Å². The van der Waals surface area contributed by atoms with Crippen molar-refractivity contribution in [3.05, 3.63) is 64.0 Å². The van der Waals surface area contributed by atoms with Crippen LogP contribution in [0.15, 0.2) is 57.9 Å². The van der Waals surface area contributed by atoms with Gasteiger partial charge in [-0.15, -0.1) is 21.5 Å². The van der Waals surface area contributed by atoms with Gasteiger partial charge in [-0.3, -0.25) is 9.20 Å². The van der Waals surface area contributed by atoms with E-state index in [-0.39, 0.29) is 5.56 Å². The molecule has 126 valence electrons. The highest BCUT2D eigenvalue weighted by Crippen LogP contribution is 2.25. The topological polar surface area (TPSA) is 65.1 Å². The van der Waals surface area contributed by atoms with Gasteiger partial charge in [0.15, 0.2) is 15.9 Å². The highest BCUT2D eigenvalue weighted by atomic mass is 32.2. The molecule has 0 aliphatic heterocycles. The molecule has 0 saturated carbocycles. The molecule has 1 aromatic carbocycles. The predicted octanol–water partition coefficient (Wildman–Crippen LogP) is 3.33. The number of hydrogen-bond acceptors (Lipinski definition) is 6. The lowest BCUT2D eigenvalue weighted by Gasteiger charge is -2.07. The van der Waals surface area contributed by atoms with Crippen LogP contribution in [0.25, 0.3) is 16.3 Å². The van der Waals surface area contributed by atoms with Crippen LogP contribution in [0.2, 0.25) is 0 Å². The summed E-state index contributed by atoms with van der Waals surface area (Å²) in [5.41, 5.74) is 1.74. The summed E-state index contributed by atoms with van der Waals surface area (Å²) in [5.74, 6) is 1.43. The van der Waals surface area contributed by atoms with E-state index in [0.717, 1.165) is 28.8 Å². The van der Waals surface area contributed by atoms with Crippen LogP contribution in [-0.4, -0.2) is 24.1 Å². The maximum atomic E-state index is 12.1. The number of aromatic nitrogens is 5. The Morgan fingerprint density at radius 2 is 2.04 bits per heavy atom. The Bertz CT molecular complexity index is 1070. The molecule has 4 aromatic rings. The van der Waals surface area contributed by atoms with Crippen molar-refractivity contribution >= 4 is 28.1 Å². The van der Waals surface area contributed by atoms with Crippen LogP contribution in [0, 0.1) is 0 Å². The normalized spacial score (nSPS) is 11.2. The van der Waals surface area contributed by atoms with Gasteiger partial charge in [-0.2, -0.15) is 0 Å². The Balaban J connectivity index is 1.60. The van der Waals surface area contributed by atoms with E-state index >= 15 is 0 Å². The molecule has 3 aromatic heterocycles. The molecule has 0 saturated heterocycles. The molecule has 0 bridgehead atoms. The van der Waals surface area contributed by atoms with Crippen molar-refractivity contribution in [1.29, 1.82) is 0 Å². The van der Waals surface area contributed by atoms with Gasteiger partial charge in [-0.25, -0.2) is 4.98 Å². The number of fused-ring (bicyclic) bond motifs is 1. The van der Waals surface area contributed by atoms with Crippen molar-refractivity contribution in [1.82, 2.24) is 24.1 Å². The van der Waals surface area contributed by atoms with Crippen molar-refractivity contribution in [3.8, 4) is 11.4 Å². The van der Waals surface area contributed by atoms with Gasteiger partial charge < -0.3 is 4.57 Å². The fraction of sp³-hybridized carbons (Fsp3) is 0.176. The minimum absolute atomic E-state index is 0.0521. The van der Waals surface area contributed by atoms with Gasteiger partial charge >= 0.3 is 0 Å². The molecule has 0 atom stereocenters. The zero-order chi connectivity index (χ0) is 17.2. The lowest BCUT2D eigenvalue weighted by Crippen LogP contribution is -2.12. The number of rotatable bonds is 5. The molecule has 25 heavy (non-hydrogen) atoms. The Hall–Kier alpha value is -2.45. The summed E-state index contributed by atoms with van der Waals surface area (Å²) in [6, 6.07) is 11.6. The standard InChI is InChI=1S/C17H15N5OS2/c1-2-21-15(12-6-4-3-5-7-12)19-20-17(21)25-11-13-10-14(23)22-8-9-24-16(22)18-13/h3-10H,2,11H2,1H3. The third-order valence-corrected chi connectivity index (χ3v) is 5.53. The maximum absolute atomic E-state index is 12.1. The molecule has 0 unspecified atom stereocenters. The average molecular weight is 369 g/mol. The monoisotopic (exact) mass is 369 g/mol. The third kappa shape index (κ3) is 3.10. The van der Waals surface area contributed by atoms with E-state index in [1.165, 1.54) is 11.3 Å². The first-order chi connectivity index (χ1) is 12.3. The fourth-order valence-electron chi connectivity index (χ4n) is 2.58. The third-order valence-electron chi connectivity index (χ3n) is 3.77. The number of thioether (sulfide) groups is 1. The van der Waals surface area contributed by atoms with E-state index < -0.39 is 0 Å². The molecule has 0 amide bonds. The number of benzene rings is 1. The van der Waals surface area contributed by atoms with Crippen LogP contribution in [0.3, 0.4) is 0 Å². The fourth-order valence-corrected chi connectivity index (χ4v) is 4.22. The molecule has 8 heteroatoms. The largest absolute Gasteiger partial charge is 0.302 e. The molecule has 0 spiro atoms. The Morgan fingerprint density at radius 1 is 1.20 bits per heavy atom. The van der Waals surface area contributed by atoms with E-state index in [1.807, 2.05) is 35.7 Å². The van der Waals surface area contributed by atoms with Crippen molar-refractivity contribution < 1.29 is 0 Å². The summed E-state index contributed by atoms with van der Waals surface area (Å²) in [6.45, 7) is 2.85. The first-order valence-electron chi connectivity index (χ1n) is 7.83. The van der Waals surface area contributed by atoms with Crippen LogP contribution in [0.5, 0.6) is 0 Å². The van der Waals surface area contributed by atoms with Gasteiger partial charge in [-0.05, 0) is 6.92 Å². The average Bonchev–Trinajstić information content (AvgIpc) is 3.27. The SMILES string of the molecule is CCn1c(SCc2cc(=O)n3ccsc3n2)nnc1-c1ccccc1. The summed E-state index contributed by atoms with van der Waals surface area (Å²) in [5, 5.41) is 11.3. The molecule has 0 N–H and O–H groups in total. The lowest BCUT2D eigenvalue weighted by atomic mass is 10.2. The van der Waals surface area contributed by atoms with Gasteiger partial charge in [0.1, 0.15) is 0 Å². The zero-order valence-electron chi connectivity index (χ0n) is 13.5. The van der Waals surface area contributed by atoms with Crippen molar-refractivity contribution in [2.24, 2.45) is 0 Å². The van der Waals surface area contributed by atoms with Crippen LogP contribution >= 0.6 is 23.1 Å². The molecular formula is C17H15N5OS2. The van der Waals surface area contributed by atoms with Gasteiger partial charge in [0, 0.05) is 35.5 Å². The van der Waals surface area contributed by atoms with Crippen molar-refractivity contribution in [2.75, 3.05) is 0 Å². The first kappa shape index (κ1) is 16.0. The zero-order valence-corrected chi connectivity index (χ0v) is 15.1. The highest BCUT2D eigenvalue weighted by molar-refractivity contribution is 7.98. The molecule has 6 nitrogen and oxygen atoms in total. The second-order valence-corrected chi connectivity index (χ2v) is 7.16. The van der Waals surface area contributed by atoms with Crippen LogP contribution in [-0.2, 0) is 12.3 Å². The quantitative estimate of drug-likeness (QED) is 0.505. The molecular weight excluding hydrogens is 354 g/mol. The second-order valence-electron chi connectivity index (χ2n) is 5.35. The van der Waals surface area contributed by atoms with Crippen LogP contribution in [0.1, 0.15) is 12.6 Å². The highest BCUT2D eigenvalue weighted by Gasteiger charge is 2.13. The first-order valence-corrected chi connectivity index (χ1v) is 9.70. The minimum atomic E-state index is -0.0521. The number of thiazole rings is 1. The van der Waals surface area contributed by atoms with Crippen molar-refractivity contribution in [3.63, 3.8) is 0 Å². The van der Waals surface area contributed by atoms with E-state index in [1.54, 1.807) is 28.4 Å². The summed E-state index contributed by atoms with van der Waals surface area (Å²) in [6.07, 6.45) is 1.74. The minimum Gasteiger partial charge on any atom is -0.302 e. The molecule has 0 radical (unpaired) electrons. The summed E-state index contributed by atoms with van der Waals surface area (Å²) >= 11 is 3.00. The molecule has 0 aliphatic carbocycles. The van der Waals surface area contributed by atoms with E-state index in [0.29, 0.717) is 10.7 Å². The maximum Gasteiger partial charge on any atom is 0.258 e. The van der Waals surface area contributed by atoms with Gasteiger partial charge in [0.2, 0.25) is 0 Å². The van der Waals surface area contributed by atoms with Gasteiger partial charge in [0.05, 0.1) is 5.69 Å². The van der Waals surface area contributed by atoms with Gasteiger partial charge in [-0.1, -0.05) is 42.1 Å². The van der Waals surface area contributed by atoms with Crippen LogP contribution < -0.4 is 5.56 Å². The number of nitrogens with zero attached hydrogens (tertiary/aromatic N) is 5. The number of hydrogen-bond donors (Lipinski definition) is 0. The van der Waals surface area contributed by atoms with E-state index in [2.05, 4.69) is 26.7 Å². The summed E-state index contributed by atoms with van der Waals surface area (Å²) in [7, 11) is 0. The van der Waals surface area contributed by atoms with Crippen molar-refractivity contribution in [2.45, 2.75) is 24.4 Å². The van der Waals surface area contributed by atoms with Gasteiger partial charge in [0.25, 0.3) is 5.56 Å².